The van der Waals surface area contributed by atoms with Crippen LogP contribution in [0, 0.1) is 0 Å². The molecule has 5 nitrogen and oxygen atoms in total. The lowest BCUT2D eigenvalue weighted by Gasteiger charge is -2.17. The first kappa shape index (κ1) is 15.0. The van der Waals surface area contributed by atoms with Gasteiger partial charge in [-0.05, 0) is 26.0 Å². The zero-order valence-electron chi connectivity index (χ0n) is 11.3. The van der Waals surface area contributed by atoms with Crippen LogP contribution < -0.4 is 0 Å². The van der Waals surface area contributed by atoms with E-state index in [2.05, 4.69) is 0 Å². The second-order valence-corrected chi connectivity index (χ2v) is 3.79. The van der Waals surface area contributed by atoms with E-state index in [0.717, 1.165) is 0 Å². The Morgan fingerprint density at radius 3 is 2.16 bits per heavy atom. The maximum Gasteiger partial charge on any atom is 0.409 e. The van der Waals surface area contributed by atoms with Gasteiger partial charge in [0.25, 0.3) is 0 Å². The van der Waals surface area contributed by atoms with E-state index in [4.69, 9.17) is 9.47 Å². The molecule has 0 heterocycles. The monoisotopic (exact) mass is 265 g/mol. The molecular formula is C14H19NO4. The Hall–Kier alpha value is -2.04. The number of hydrogen-bond acceptors (Lipinski definition) is 4. The highest BCUT2D eigenvalue weighted by Crippen LogP contribution is 2.01. The van der Waals surface area contributed by atoms with Crippen LogP contribution in [0.15, 0.2) is 30.3 Å². The van der Waals surface area contributed by atoms with E-state index in [1.54, 1.807) is 29.2 Å². The van der Waals surface area contributed by atoms with Crippen molar-refractivity contribution in [3.05, 3.63) is 35.9 Å². The molecule has 5 heteroatoms. The first-order valence-corrected chi connectivity index (χ1v) is 6.32. The molecule has 0 fully saturated rings. The largest absolute Gasteiger partial charge is 0.458 e. The van der Waals surface area contributed by atoms with E-state index in [9.17, 15) is 9.59 Å². The number of nitrogens with zero attached hydrogens (tertiary/aromatic N) is 1. The van der Waals surface area contributed by atoms with Gasteiger partial charge in [-0.15, -0.1) is 0 Å². The minimum Gasteiger partial charge on any atom is -0.458 e. The molecule has 0 saturated heterocycles. The van der Waals surface area contributed by atoms with E-state index in [1.165, 1.54) is 0 Å². The van der Waals surface area contributed by atoms with Crippen LogP contribution >= 0.6 is 0 Å². The summed E-state index contributed by atoms with van der Waals surface area (Å²) >= 11 is 0. The Morgan fingerprint density at radius 1 is 1.00 bits per heavy atom. The molecular weight excluding hydrogens is 246 g/mol. The fourth-order valence-corrected chi connectivity index (χ4v) is 1.49. The Bertz CT molecular complexity index is 401. The van der Waals surface area contributed by atoms with Gasteiger partial charge in [-0.1, -0.05) is 18.2 Å². The predicted molar refractivity (Wildman–Crippen MR) is 71.0 cm³/mol. The van der Waals surface area contributed by atoms with Crippen LogP contribution in [-0.2, 0) is 9.47 Å². The number of carbonyl (C=O) groups is 2. The number of benzene rings is 1. The highest BCUT2D eigenvalue weighted by Gasteiger charge is 2.11. The summed E-state index contributed by atoms with van der Waals surface area (Å²) in [5.74, 6) is -0.417. The van der Waals surface area contributed by atoms with Crippen molar-refractivity contribution in [3.8, 4) is 0 Å². The number of esters is 1. The number of ether oxygens (including phenoxy) is 2. The SMILES string of the molecule is CCN(CC)C(=O)OCCOC(=O)c1ccccc1. The molecule has 0 bridgehead atoms. The summed E-state index contributed by atoms with van der Waals surface area (Å²) in [6.45, 7) is 5.06. The highest BCUT2D eigenvalue weighted by atomic mass is 16.6. The van der Waals surface area contributed by atoms with Gasteiger partial charge in [-0.2, -0.15) is 0 Å². The lowest BCUT2D eigenvalue weighted by molar-refractivity contribution is 0.0360. The number of carbonyl (C=O) groups excluding carboxylic acids is 2. The Morgan fingerprint density at radius 2 is 1.58 bits per heavy atom. The van der Waals surface area contributed by atoms with Crippen molar-refractivity contribution in [2.75, 3.05) is 26.3 Å². The third kappa shape index (κ3) is 4.99. The van der Waals surface area contributed by atoms with Crippen LogP contribution in [-0.4, -0.2) is 43.3 Å². The summed E-state index contributed by atoms with van der Waals surface area (Å²) in [5, 5.41) is 0. The lowest BCUT2D eigenvalue weighted by Crippen LogP contribution is -2.32. The third-order valence-electron chi connectivity index (χ3n) is 2.57. The molecule has 0 atom stereocenters. The van der Waals surface area contributed by atoms with Crippen molar-refractivity contribution in [2.45, 2.75) is 13.8 Å². The molecule has 1 amide bonds. The van der Waals surface area contributed by atoms with Gasteiger partial charge in [0, 0.05) is 13.1 Å². The maximum atomic E-state index is 11.6. The number of hydrogen-bond donors (Lipinski definition) is 0. The molecule has 0 radical (unpaired) electrons. The van der Waals surface area contributed by atoms with Crippen molar-refractivity contribution >= 4 is 12.1 Å². The minimum atomic E-state index is -0.417. The third-order valence-corrected chi connectivity index (χ3v) is 2.57. The van der Waals surface area contributed by atoms with Crippen molar-refractivity contribution in [3.63, 3.8) is 0 Å². The van der Waals surface area contributed by atoms with Gasteiger partial charge in [0.05, 0.1) is 5.56 Å². The van der Waals surface area contributed by atoms with Gasteiger partial charge < -0.3 is 14.4 Å². The topological polar surface area (TPSA) is 55.8 Å². The van der Waals surface area contributed by atoms with Gasteiger partial charge in [0.15, 0.2) is 0 Å². The Balaban J connectivity index is 2.24. The van der Waals surface area contributed by atoms with Gasteiger partial charge in [0.1, 0.15) is 13.2 Å². The first-order chi connectivity index (χ1) is 9.19. The zero-order valence-corrected chi connectivity index (χ0v) is 11.3. The van der Waals surface area contributed by atoms with Gasteiger partial charge in [0.2, 0.25) is 0 Å². The van der Waals surface area contributed by atoms with Crippen LogP contribution in [0.3, 0.4) is 0 Å². The highest BCUT2D eigenvalue weighted by molar-refractivity contribution is 5.89. The van der Waals surface area contributed by atoms with E-state index in [0.29, 0.717) is 18.7 Å². The summed E-state index contributed by atoms with van der Waals surface area (Å²) in [4.78, 5) is 24.6. The molecule has 0 aliphatic carbocycles. The molecule has 0 unspecified atom stereocenters. The first-order valence-electron chi connectivity index (χ1n) is 6.32. The Kier molecular flexibility index (Phi) is 6.43. The van der Waals surface area contributed by atoms with Gasteiger partial charge in [-0.25, -0.2) is 9.59 Å². The average Bonchev–Trinajstić information content (AvgIpc) is 2.45. The van der Waals surface area contributed by atoms with Crippen LogP contribution in [0.25, 0.3) is 0 Å². The van der Waals surface area contributed by atoms with E-state index < -0.39 is 5.97 Å². The summed E-state index contributed by atoms with van der Waals surface area (Å²) < 4.78 is 9.97. The van der Waals surface area contributed by atoms with Crippen molar-refractivity contribution in [1.82, 2.24) is 4.90 Å². The summed E-state index contributed by atoms with van der Waals surface area (Å²) in [6.07, 6.45) is -0.388. The molecule has 1 aromatic carbocycles. The van der Waals surface area contributed by atoms with Gasteiger partial charge >= 0.3 is 12.1 Å². The van der Waals surface area contributed by atoms with Crippen molar-refractivity contribution < 1.29 is 19.1 Å². The number of amides is 1. The van der Waals surface area contributed by atoms with E-state index in [-0.39, 0.29) is 19.3 Å². The second kappa shape index (κ2) is 8.13. The molecule has 1 aromatic rings. The lowest BCUT2D eigenvalue weighted by atomic mass is 10.2. The van der Waals surface area contributed by atoms with Crippen molar-refractivity contribution in [2.24, 2.45) is 0 Å². The second-order valence-electron chi connectivity index (χ2n) is 3.79. The zero-order chi connectivity index (χ0) is 14.1. The predicted octanol–water partition coefficient (Wildman–Crippen LogP) is 2.32. The molecule has 19 heavy (non-hydrogen) atoms. The molecule has 0 spiro atoms. The molecule has 0 N–H and O–H groups in total. The van der Waals surface area contributed by atoms with Crippen LogP contribution in [0.2, 0.25) is 0 Å². The van der Waals surface area contributed by atoms with Crippen LogP contribution in [0.5, 0.6) is 0 Å². The van der Waals surface area contributed by atoms with Crippen LogP contribution in [0.1, 0.15) is 24.2 Å². The minimum absolute atomic E-state index is 0.0563. The van der Waals surface area contributed by atoms with Gasteiger partial charge in [-0.3, -0.25) is 0 Å². The molecule has 1 rings (SSSR count). The quantitative estimate of drug-likeness (QED) is 0.585. The molecule has 0 aliphatic heterocycles. The molecule has 0 saturated carbocycles. The van der Waals surface area contributed by atoms with E-state index in [1.807, 2.05) is 19.9 Å². The van der Waals surface area contributed by atoms with E-state index >= 15 is 0 Å². The van der Waals surface area contributed by atoms with Crippen molar-refractivity contribution in [1.29, 1.82) is 0 Å². The average molecular weight is 265 g/mol. The normalized spacial score (nSPS) is 9.79. The fraction of sp³-hybridized carbons (Fsp3) is 0.429. The molecule has 104 valence electrons. The standard InChI is InChI=1S/C14H19NO4/c1-3-15(4-2)14(17)19-11-10-18-13(16)12-8-6-5-7-9-12/h5-9H,3-4,10-11H2,1-2H3. The summed E-state index contributed by atoms with van der Waals surface area (Å²) in [7, 11) is 0. The fourth-order valence-electron chi connectivity index (χ4n) is 1.49. The number of rotatable bonds is 6. The maximum absolute atomic E-state index is 11.6. The molecule has 0 aromatic heterocycles. The smallest absolute Gasteiger partial charge is 0.409 e. The summed E-state index contributed by atoms with van der Waals surface area (Å²) in [6, 6.07) is 8.69. The Labute approximate surface area is 113 Å². The molecule has 0 aliphatic rings. The van der Waals surface area contributed by atoms with Crippen LogP contribution in [0.4, 0.5) is 4.79 Å². The summed E-state index contributed by atoms with van der Waals surface area (Å²) in [5.41, 5.74) is 0.484.